The maximum absolute atomic E-state index is 15.7. The molecule has 0 spiro atoms. The van der Waals surface area contributed by atoms with Crippen LogP contribution in [0, 0.1) is 22.9 Å². The van der Waals surface area contributed by atoms with Gasteiger partial charge in [0.15, 0.2) is 5.82 Å². The number of carboxylic acids is 1. The van der Waals surface area contributed by atoms with E-state index in [-0.39, 0.29) is 47.2 Å². The fraction of sp³-hybridized carbons (Fsp3) is 0.229. The third-order valence-electron chi connectivity index (χ3n) is 8.57. The Morgan fingerprint density at radius 1 is 0.979 bits per heavy atom. The number of fused-ring (bicyclic) bond motifs is 1. The van der Waals surface area contributed by atoms with Crippen LogP contribution in [-0.4, -0.2) is 53.8 Å². The zero-order chi connectivity index (χ0) is 33.6. The smallest absolute Gasteiger partial charge is 0.335 e. The molecular formula is C35H29F3N6O4. The molecule has 1 aliphatic heterocycles. The number of pyridine rings is 1. The van der Waals surface area contributed by atoms with Gasteiger partial charge < -0.3 is 19.1 Å². The van der Waals surface area contributed by atoms with Gasteiger partial charge in [-0.25, -0.2) is 32.6 Å². The van der Waals surface area contributed by atoms with E-state index < -0.39 is 23.4 Å². The average molecular weight is 655 g/mol. The van der Waals surface area contributed by atoms with Gasteiger partial charge in [-0.05, 0) is 48.0 Å². The Morgan fingerprint density at radius 2 is 1.79 bits per heavy atom. The SMILES string of the molecule is CC1(C)COCC1n1c(Cc2ccc(-c3ccc(F)c(OCc4ccc(-n5ccnn5)cc4F)n3)cc2F)nc2ccc(C(=O)O)cc21. The maximum Gasteiger partial charge on any atom is 0.335 e. The molecule has 1 aliphatic rings. The molecule has 0 bridgehead atoms. The largest absolute Gasteiger partial charge is 0.478 e. The van der Waals surface area contributed by atoms with E-state index in [1.54, 1.807) is 36.5 Å². The summed E-state index contributed by atoms with van der Waals surface area (Å²) in [5.41, 5.74) is 2.74. The highest BCUT2D eigenvalue weighted by Crippen LogP contribution is 2.40. The topological polar surface area (TPSA) is 117 Å². The molecule has 3 aromatic heterocycles. The number of hydrogen-bond acceptors (Lipinski definition) is 7. The standard InChI is InChI=1S/C35H29F3N6O4/c1-35(2)19-47-18-31(35)44-30-14-22(34(45)46)6-9-29(30)40-32(44)15-20-3-4-21(13-26(20)37)28-10-8-25(36)33(41-28)48-17-23-5-7-24(16-27(23)38)43-12-11-39-42-43/h3-14,16,31H,15,17-19H2,1-2H3,(H,45,46). The summed E-state index contributed by atoms with van der Waals surface area (Å²) >= 11 is 0. The number of ether oxygens (including phenoxy) is 2. The molecule has 6 aromatic rings. The molecule has 7 rings (SSSR count). The fourth-order valence-electron chi connectivity index (χ4n) is 5.92. The lowest BCUT2D eigenvalue weighted by molar-refractivity contribution is 0.0697. The van der Waals surface area contributed by atoms with Crippen molar-refractivity contribution in [3.63, 3.8) is 0 Å². The van der Waals surface area contributed by atoms with Gasteiger partial charge in [-0.15, -0.1) is 5.10 Å². The van der Waals surface area contributed by atoms with Crippen molar-refractivity contribution in [2.45, 2.75) is 32.9 Å². The summed E-state index contributed by atoms with van der Waals surface area (Å²) in [5.74, 6) is -2.69. The molecule has 1 unspecified atom stereocenters. The summed E-state index contributed by atoms with van der Waals surface area (Å²) < 4.78 is 59.9. The van der Waals surface area contributed by atoms with E-state index in [1.807, 2.05) is 4.57 Å². The number of halogens is 3. The number of aromatic nitrogens is 6. The van der Waals surface area contributed by atoms with E-state index in [4.69, 9.17) is 14.5 Å². The van der Waals surface area contributed by atoms with Crippen molar-refractivity contribution in [2.75, 3.05) is 13.2 Å². The molecule has 0 radical (unpaired) electrons. The zero-order valence-electron chi connectivity index (χ0n) is 25.9. The lowest BCUT2D eigenvalue weighted by Crippen LogP contribution is -2.27. The summed E-state index contributed by atoms with van der Waals surface area (Å²) in [4.78, 5) is 20.8. The molecule has 0 amide bonds. The summed E-state index contributed by atoms with van der Waals surface area (Å²) in [6.45, 7) is 4.77. The Hall–Kier alpha value is -5.56. The average Bonchev–Trinajstić information content (AvgIpc) is 3.80. The van der Waals surface area contributed by atoms with E-state index >= 15 is 4.39 Å². The van der Waals surface area contributed by atoms with Crippen molar-refractivity contribution in [1.82, 2.24) is 29.5 Å². The van der Waals surface area contributed by atoms with Crippen LogP contribution in [0.4, 0.5) is 13.2 Å². The molecular weight excluding hydrogens is 625 g/mol. The predicted molar refractivity (Wildman–Crippen MR) is 168 cm³/mol. The Kier molecular flexibility index (Phi) is 7.91. The quantitative estimate of drug-likeness (QED) is 0.186. The molecule has 1 saturated heterocycles. The molecule has 1 N–H and O–H groups in total. The first-order chi connectivity index (χ1) is 23.1. The zero-order valence-corrected chi connectivity index (χ0v) is 25.9. The predicted octanol–water partition coefficient (Wildman–Crippen LogP) is 6.56. The van der Waals surface area contributed by atoms with Crippen molar-refractivity contribution in [2.24, 2.45) is 5.41 Å². The second kappa shape index (κ2) is 12.2. The van der Waals surface area contributed by atoms with Crippen LogP contribution >= 0.6 is 0 Å². The summed E-state index contributed by atoms with van der Waals surface area (Å²) in [7, 11) is 0. The second-order valence-electron chi connectivity index (χ2n) is 12.3. The Bertz CT molecular complexity index is 2170. The molecule has 4 heterocycles. The molecule has 0 aliphatic carbocycles. The van der Waals surface area contributed by atoms with Crippen LogP contribution in [0.15, 0.2) is 79.1 Å². The van der Waals surface area contributed by atoms with Gasteiger partial charge in [0.25, 0.3) is 5.88 Å². The van der Waals surface area contributed by atoms with Crippen molar-refractivity contribution in [1.29, 1.82) is 0 Å². The van der Waals surface area contributed by atoms with E-state index in [0.717, 1.165) is 6.07 Å². The van der Waals surface area contributed by atoms with Gasteiger partial charge in [0.05, 0.1) is 59.6 Å². The maximum atomic E-state index is 15.7. The minimum atomic E-state index is -1.05. The highest BCUT2D eigenvalue weighted by molar-refractivity contribution is 5.92. The van der Waals surface area contributed by atoms with E-state index in [0.29, 0.717) is 46.9 Å². The first kappa shape index (κ1) is 31.1. The first-order valence-corrected chi connectivity index (χ1v) is 15.1. The van der Waals surface area contributed by atoms with Crippen molar-refractivity contribution in [3.8, 4) is 22.8 Å². The van der Waals surface area contributed by atoms with Crippen LogP contribution in [-0.2, 0) is 17.8 Å². The van der Waals surface area contributed by atoms with Gasteiger partial charge in [0.2, 0.25) is 0 Å². The number of carbonyl (C=O) groups is 1. The summed E-state index contributed by atoms with van der Waals surface area (Å²) in [6.07, 6.45) is 3.18. The van der Waals surface area contributed by atoms with Crippen LogP contribution in [0.5, 0.6) is 5.88 Å². The normalized spacial score (nSPS) is 15.6. The molecule has 13 heteroatoms. The van der Waals surface area contributed by atoms with E-state index in [1.165, 1.54) is 41.2 Å². The molecule has 1 atom stereocenters. The third kappa shape index (κ3) is 5.88. The molecule has 10 nitrogen and oxygen atoms in total. The molecule has 48 heavy (non-hydrogen) atoms. The van der Waals surface area contributed by atoms with Crippen molar-refractivity contribution >= 4 is 17.0 Å². The number of aromatic carboxylic acids is 1. The van der Waals surface area contributed by atoms with Gasteiger partial charge in [-0.2, -0.15) is 0 Å². The number of benzene rings is 3. The summed E-state index contributed by atoms with van der Waals surface area (Å²) in [5, 5.41) is 17.1. The highest BCUT2D eigenvalue weighted by Gasteiger charge is 2.39. The van der Waals surface area contributed by atoms with Crippen molar-refractivity contribution in [3.05, 3.63) is 119 Å². The molecule has 3 aromatic carbocycles. The van der Waals surface area contributed by atoms with E-state index in [2.05, 4.69) is 29.1 Å². The number of carboxylic acid groups (broad SMARTS) is 1. The lowest BCUT2D eigenvalue weighted by atomic mass is 9.87. The fourth-order valence-corrected chi connectivity index (χ4v) is 5.92. The minimum Gasteiger partial charge on any atom is -0.478 e. The van der Waals surface area contributed by atoms with Gasteiger partial charge >= 0.3 is 5.97 Å². The van der Waals surface area contributed by atoms with Crippen LogP contribution in [0.2, 0.25) is 0 Å². The Morgan fingerprint density at radius 3 is 2.50 bits per heavy atom. The summed E-state index contributed by atoms with van der Waals surface area (Å²) in [6, 6.07) is 16.2. The Labute approximate surface area is 272 Å². The number of imidazole rings is 1. The number of nitrogens with zero attached hydrogens (tertiary/aromatic N) is 6. The number of rotatable bonds is 9. The highest BCUT2D eigenvalue weighted by atomic mass is 19.1. The van der Waals surface area contributed by atoms with Crippen LogP contribution in [0.1, 0.15) is 47.2 Å². The van der Waals surface area contributed by atoms with Gasteiger partial charge in [-0.1, -0.05) is 37.3 Å². The van der Waals surface area contributed by atoms with Crippen LogP contribution in [0.25, 0.3) is 28.0 Å². The van der Waals surface area contributed by atoms with Gasteiger partial charge in [0, 0.05) is 29.0 Å². The monoisotopic (exact) mass is 654 g/mol. The van der Waals surface area contributed by atoms with E-state index in [9.17, 15) is 18.7 Å². The van der Waals surface area contributed by atoms with Gasteiger partial charge in [0.1, 0.15) is 24.1 Å². The molecule has 1 fully saturated rings. The third-order valence-corrected chi connectivity index (χ3v) is 8.57. The van der Waals surface area contributed by atoms with Crippen LogP contribution in [0.3, 0.4) is 0 Å². The second-order valence-corrected chi connectivity index (χ2v) is 12.3. The van der Waals surface area contributed by atoms with Crippen molar-refractivity contribution < 1.29 is 32.5 Å². The Balaban J connectivity index is 1.14. The van der Waals surface area contributed by atoms with Crippen LogP contribution < -0.4 is 4.74 Å². The number of hydrogen-bond donors (Lipinski definition) is 1. The molecule has 0 saturated carbocycles. The minimum absolute atomic E-state index is 0.127. The first-order valence-electron chi connectivity index (χ1n) is 15.1. The van der Waals surface area contributed by atoms with Gasteiger partial charge in [-0.3, -0.25) is 0 Å². The molecule has 244 valence electrons. The lowest BCUT2D eigenvalue weighted by Gasteiger charge is -2.28.